The minimum Gasteiger partial charge on any atom is -0.363 e. The second kappa shape index (κ2) is 5.74. The van der Waals surface area contributed by atoms with Crippen LogP contribution < -0.4 is 5.32 Å². The SMILES string of the molecule is C[C@@H](Nc1ccnc(Cl)n1)c1ccc(Cl)cc1Cl. The Balaban J connectivity index is 2.19. The molecule has 0 radical (unpaired) electrons. The first kappa shape index (κ1) is 13.4. The van der Waals surface area contributed by atoms with Crippen LogP contribution >= 0.6 is 34.8 Å². The van der Waals surface area contributed by atoms with E-state index >= 15 is 0 Å². The van der Waals surface area contributed by atoms with Crippen LogP contribution in [0.3, 0.4) is 0 Å². The average molecular weight is 303 g/mol. The summed E-state index contributed by atoms with van der Waals surface area (Å²) in [5.41, 5.74) is 0.941. The van der Waals surface area contributed by atoms with Gasteiger partial charge in [-0.1, -0.05) is 29.3 Å². The topological polar surface area (TPSA) is 37.8 Å². The standard InChI is InChI=1S/C12H10Cl3N3/c1-7(9-3-2-8(13)6-10(9)14)17-11-4-5-16-12(15)18-11/h2-7H,1H3,(H,16,17,18)/t7-/m1/s1. The number of anilines is 1. The van der Waals surface area contributed by atoms with Gasteiger partial charge in [-0.05, 0) is 42.3 Å². The van der Waals surface area contributed by atoms with E-state index in [2.05, 4.69) is 15.3 Å². The number of nitrogens with one attached hydrogen (secondary N) is 1. The van der Waals surface area contributed by atoms with E-state index in [1.807, 2.05) is 13.0 Å². The Kier molecular flexibility index (Phi) is 4.27. The molecule has 0 aliphatic heterocycles. The van der Waals surface area contributed by atoms with Crippen molar-refractivity contribution in [1.82, 2.24) is 9.97 Å². The number of rotatable bonds is 3. The molecule has 94 valence electrons. The third-order valence-corrected chi connectivity index (χ3v) is 3.16. The van der Waals surface area contributed by atoms with Gasteiger partial charge in [0.2, 0.25) is 5.28 Å². The van der Waals surface area contributed by atoms with Gasteiger partial charge in [-0.15, -0.1) is 0 Å². The van der Waals surface area contributed by atoms with E-state index in [1.165, 1.54) is 0 Å². The summed E-state index contributed by atoms with van der Waals surface area (Å²) in [6.45, 7) is 1.98. The summed E-state index contributed by atoms with van der Waals surface area (Å²) in [6, 6.07) is 7.12. The molecular formula is C12H10Cl3N3. The van der Waals surface area contributed by atoms with Crippen LogP contribution in [0, 0.1) is 0 Å². The molecular weight excluding hydrogens is 293 g/mol. The molecule has 1 aromatic heterocycles. The maximum absolute atomic E-state index is 6.14. The lowest BCUT2D eigenvalue weighted by Crippen LogP contribution is -2.08. The van der Waals surface area contributed by atoms with Gasteiger partial charge in [0.15, 0.2) is 0 Å². The number of benzene rings is 1. The molecule has 3 nitrogen and oxygen atoms in total. The van der Waals surface area contributed by atoms with Gasteiger partial charge in [-0.3, -0.25) is 0 Å². The molecule has 2 aromatic rings. The predicted octanol–water partition coefficient (Wildman–Crippen LogP) is 4.61. The van der Waals surface area contributed by atoms with Gasteiger partial charge >= 0.3 is 0 Å². The van der Waals surface area contributed by atoms with Crippen molar-refractivity contribution in [1.29, 1.82) is 0 Å². The molecule has 0 saturated carbocycles. The summed E-state index contributed by atoms with van der Waals surface area (Å²) >= 11 is 17.7. The first-order valence-corrected chi connectivity index (χ1v) is 6.39. The number of hydrogen-bond acceptors (Lipinski definition) is 3. The summed E-state index contributed by atoms with van der Waals surface area (Å²) in [5.74, 6) is 0.647. The quantitative estimate of drug-likeness (QED) is 0.841. The average Bonchev–Trinajstić information content (AvgIpc) is 2.28. The molecule has 18 heavy (non-hydrogen) atoms. The fraction of sp³-hybridized carbons (Fsp3) is 0.167. The molecule has 1 N–H and O–H groups in total. The Morgan fingerprint density at radius 3 is 2.61 bits per heavy atom. The molecule has 0 fully saturated rings. The molecule has 0 amide bonds. The second-order valence-corrected chi connectivity index (χ2v) is 4.92. The summed E-state index contributed by atoms with van der Waals surface area (Å²) in [6.07, 6.45) is 1.59. The van der Waals surface area contributed by atoms with Gasteiger partial charge < -0.3 is 5.32 Å². The van der Waals surface area contributed by atoms with Crippen LogP contribution in [-0.2, 0) is 0 Å². The van der Waals surface area contributed by atoms with Crippen molar-refractivity contribution >= 4 is 40.6 Å². The van der Waals surface area contributed by atoms with Crippen molar-refractivity contribution in [3.05, 3.63) is 51.4 Å². The lowest BCUT2D eigenvalue weighted by molar-refractivity contribution is 0.872. The van der Waals surface area contributed by atoms with E-state index in [0.717, 1.165) is 5.56 Å². The molecule has 6 heteroatoms. The van der Waals surface area contributed by atoms with Crippen LogP contribution in [0.1, 0.15) is 18.5 Å². The van der Waals surface area contributed by atoms with E-state index < -0.39 is 0 Å². The number of halogens is 3. The fourth-order valence-electron chi connectivity index (χ4n) is 1.57. The van der Waals surface area contributed by atoms with E-state index in [4.69, 9.17) is 34.8 Å². The van der Waals surface area contributed by atoms with Crippen molar-refractivity contribution in [3.63, 3.8) is 0 Å². The van der Waals surface area contributed by atoms with Crippen molar-refractivity contribution in [2.24, 2.45) is 0 Å². The fourth-order valence-corrected chi connectivity index (χ4v) is 2.29. The number of hydrogen-bond donors (Lipinski definition) is 1. The lowest BCUT2D eigenvalue weighted by Gasteiger charge is -2.16. The zero-order valence-corrected chi connectivity index (χ0v) is 11.8. The Labute approximate surface area is 120 Å². The van der Waals surface area contributed by atoms with E-state index in [9.17, 15) is 0 Å². The molecule has 1 aromatic carbocycles. The molecule has 0 aliphatic carbocycles. The van der Waals surface area contributed by atoms with Gasteiger partial charge in [-0.2, -0.15) is 0 Å². The van der Waals surface area contributed by atoms with E-state index in [1.54, 1.807) is 24.4 Å². The van der Waals surface area contributed by atoms with E-state index in [-0.39, 0.29) is 11.3 Å². The molecule has 1 atom stereocenters. The van der Waals surface area contributed by atoms with Crippen molar-refractivity contribution in [3.8, 4) is 0 Å². The molecule has 0 unspecified atom stereocenters. The smallest absolute Gasteiger partial charge is 0.224 e. The van der Waals surface area contributed by atoms with Crippen molar-refractivity contribution < 1.29 is 0 Å². The largest absolute Gasteiger partial charge is 0.363 e. The Bertz CT molecular complexity index is 560. The highest BCUT2D eigenvalue weighted by atomic mass is 35.5. The van der Waals surface area contributed by atoms with Crippen LogP contribution in [-0.4, -0.2) is 9.97 Å². The number of nitrogens with zero attached hydrogens (tertiary/aromatic N) is 2. The lowest BCUT2D eigenvalue weighted by atomic mass is 10.1. The summed E-state index contributed by atoms with van der Waals surface area (Å²) in [7, 11) is 0. The Morgan fingerprint density at radius 1 is 1.17 bits per heavy atom. The maximum Gasteiger partial charge on any atom is 0.224 e. The summed E-state index contributed by atoms with van der Waals surface area (Å²) in [4.78, 5) is 7.88. The first-order chi connectivity index (χ1) is 8.56. The molecule has 1 heterocycles. The van der Waals surface area contributed by atoms with Crippen LogP contribution in [0.2, 0.25) is 15.3 Å². The highest BCUT2D eigenvalue weighted by Crippen LogP contribution is 2.28. The van der Waals surface area contributed by atoms with Crippen LogP contribution in [0.25, 0.3) is 0 Å². The molecule has 0 spiro atoms. The van der Waals surface area contributed by atoms with E-state index in [0.29, 0.717) is 15.9 Å². The molecule has 0 bridgehead atoms. The van der Waals surface area contributed by atoms with Crippen LogP contribution in [0.15, 0.2) is 30.5 Å². The maximum atomic E-state index is 6.14. The highest BCUT2D eigenvalue weighted by Gasteiger charge is 2.10. The van der Waals surface area contributed by atoms with Crippen LogP contribution in [0.4, 0.5) is 5.82 Å². The molecule has 0 saturated heterocycles. The highest BCUT2D eigenvalue weighted by molar-refractivity contribution is 6.35. The molecule has 2 rings (SSSR count). The van der Waals surface area contributed by atoms with Gasteiger partial charge in [0, 0.05) is 16.2 Å². The predicted molar refractivity (Wildman–Crippen MR) is 75.5 cm³/mol. The van der Waals surface area contributed by atoms with Gasteiger partial charge in [0.05, 0.1) is 6.04 Å². The van der Waals surface area contributed by atoms with Crippen LogP contribution in [0.5, 0.6) is 0 Å². The normalized spacial score (nSPS) is 12.2. The van der Waals surface area contributed by atoms with Gasteiger partial charge in [0.1, 0.15) is 5.82 Å². The third-order valence-electron chi connectivity index (χ3n) is 2.42. The zero-order chi connectivity index (χ0) is 13.1. The zero-order valence-electron chi connectivity index (χ0n) is 9.49. The minimum atomic E-state index is -0.0132. The van der Waals surface area contributed by atoms with Gasteiger partial charge in [-0.25, -0.2) is 9.97 Å². The number of aromatic nitrogens is 2. The molecule has 0 aliphatic rings. The Hall–Kier alpha value is -1.03. The van der Waals surface area contributed by atoms with Crippen molar-refractivity contribution in [2.75, 3.05) is 5.32 Å². The Morgan fingerprint density at radius 2 is 1.94 bits per heavy atom. The summed E-state index contributed by atoms with van der Waals surface area (Å²) in [5, 5.41) is 4.62. The van der Waals surface area contributed by atoms with Gasteiger partial charge in [0.25, 0.3) is 0 Å². The van der Waals surface area contributed by atoms with Crippen molar-refractivity contribution in [2.45, 2.75) is 13.0 Å². The summed E-state index contributed by atoms with van der Waals surface area (Å²) < 4.78 is 0. The third kappa shape index (κ3) is 3.25. The monoisotopic (exact) mass is 301 g/mol. The first-order valence-electron chi connectivity index (χ1n) is 5.26. The second-order valence-electron chi connectivity index (χ2n) is 3.74. The minimum absolute atomic E-state index is 0.0132.